The van der Waals surface area contributed by atoms with Gasteiger partial charge in [0.2, 0.25) is 0 Å². The highest BCUT2D eigenvalue weighted by molar-refractivity contribution is 5.79. The van der Waals surface area contributed by atoms with Gasteiger partial charge < -0.3 is 20.1 Å². The monoisotopic (exact) mass is 297 g/mol. The molecular weight excluding hydrogens is 270 g/mol. The van der Waals surface area contributed by atoms with Crippen molar-refractivity contribution >= 4 is 5.96 Å². The Balaban J connectivity index is 2.59. The van der Waals surface area contributed by atoms with Crippen LogP contribution in [0.15, 0.2) is 4.99 Å². The van der Waals surface area contributed by atoms with Crippen molar-refractivity contribution in [3.8, 4) is 0 Å². The summed E-state index contributed by atoms with van der Waals surface area (Å²) < 4.78 is 12.1. The molecule has 120 valence electrons. The Labute approximate surface area is 126 Å². The van der Waals surface area contributed by atoms with E-state index in [-0.39, 0.29) is 0 Å². The molecular formula is C14H27N5O2. The maximum absolute atomic E-state index is 5.10. The minimum atomic E-state index is 0.647. The topological polar surface area (TPSA) is 72.7 Å². The van der Waals surface area contributed by atoms with E-state index >= 15 is 0 Å². The van der Waals surface area contributed by atoms with Crippen molar-refractivity contribution in [3.05, 3.63) is 17.0 Å². The zero-order valence-electron chi connectivity index (χ0n) is 13.7. The minimum absolute atomic E-state index is 0.647. The lowest BCUT2D eigenvalue weighted by molar-refractivity contribution is 0.182. The molecule has 21 heavy (non-hydrogen) atoms. The number of rotatable bonds is 8. The summed E-state index contributed by atoms with van der Waals surface area (Å²) >= 11 is 0. The fourth-order valence-electron chi connectivity index (χ4n) is 2.05. The molecule has 0 bridgehead atoms. The van der Waals surface area contributed by atoms with Crippen LogP contribution < -0.4 is 10.6 Å². The Hall–Kier alpha value is -1.60. The van der Waals surface area contributed by atoms with E-state index in [1.54, 1.807) is 21.3 Å². The smallest absolute Gasteiger partial charge is 0.191 e. The van der Waals surface area contributed by atoms with Gasteiger partial charge in [-0.05, 0) is 13.8 Å². The molecule has 0 atom stereocenters. The van der Waals surface area contributed by atoms with E-state index in [0.29, 0.717) is 19.8 Å². The van der Waals surface area contributed by atoms with Gasteiger partial charge in [0.05, 0.1) is 25.5 Å². The number of hydrogen-bond acceptors (Lipinski definition) is 4. The zero-order chi connectivity index (χ0) is 15.7. The maximum Gasteiger partial charge on any atom is 0.191 e. The predicted octanol–water partition coefficient (Wildman–Crippen LogP) is 0.458. The van der Waals surface area contributed by atoms with Gasteiger partial charge in [-0.15, -0.1) is 0 Å². The lowest BCUT2D eigenvalue weighted by Crippen LogP contribution is -2.38. The third-order valence-corrected chi connectivity index (χ3v) is 3.29. The lowest BCUT2D eigenvalue weighted by Gasteiger charge is -2.12. The third kappa shape index (κ3) is 5.35. The first-order valence-electron chi connectivity index (χ1n) is 7.09. The molecule has 0 aliphatic heterocycles. The number of ether oxygens (including phenoxy) is 2. The van der Waals surface area contributed by atoms with Crippen molar-refractivity contribution in [2.45, 2.75) is 26.9 Å². The second-order valence-corrected chi connectivity index (χ2v) is 4.71. The largest absolute Gasteiger partial charge is 0.383 e. The second-order valence-electron chi connectivity index (χ2n) is 4.71. The van der Waals surface area contributed by atoms with Gasteiger partial charge in [0.15, 0.2) is 5.96 Å². The van der Waals surface area contributed by atoms with Crippen LogP contribution in [0.2, 0.25) is 0 Å². The van der Waals surface area contributed by atoms with E-state index in [4.69, 9.17) is 9.47 Å². The number of aliphatic imine (C=N–C) groups is 1. The van der Waals surface area contributed by atoms with E-state index in [1.807, 2.05) is 11.6 Å². The number of aromatic nitrogens is 2. The van der Waals surface area contributed by atoms with E-state index < -0.39 is 0 Å². The van der Waals surface area contributed by atoms with Gasteiger partial charge in [0.1, 0.15) is 0 Å². The third-order valence-electron chi connectivity index (χ3n) is 3.29. The Kier molecular flexibility index (Phi) is 7.78. The van der Waals surface area contributed by atoms with Gasteiger partial charge in [0.25, 0.3) is 0 Å². The summed E-state index contributed by atoms with van der Waals surface area (Å²) in [5, 5.41) is 11.0. The summed E-state index contributed by atoms with van der Waals surface area (Å²) in [6.07, 6.45) is 0. The molecule has 0 fully saturated rings. The number of methoxy groups -OCH3 is 2. The fraction of sp³-hybridized carbons (Fsp3) is 0.714. The Morgan fingerprint density at radius 2 is 1.90 bits per heavy atom. The molecule has 7 heteroatoms. The van der Waals surface area contributed by atoms with Gasteiger partial charge >= 0.3 is 0 Å². The van der Waals surface area contributed by atoms with E-state index in [2.05, 4.69) is 27.6 Å². The number of hydrogen-bond donors (Lipinski definition) is 2. The zero-order valence-corrected chi connectivity index (χ0v) is 13.7. The van der Waals surface area contributed by atoms with Crippen molar-refractivity contribution in [1.29, 1.82) is 0 Å². The molecule has 0 aliphatic carbocycles. The molecule has 0 aromatic carbocycles. The number of nitrogens with one attached hydrogen (secondary N) is 2. The average Bonchev–Trinajstić information content (AvgIpc) is 2.75. The van der Waals surface area contributed by atoms with Crippen molar-refractivity contribution in [1.82, 2.24) is 20.4 Å². The first-order valence-corrected chi connectivity index (χ1v) is 7.09. The predicted molar refractivity (Wildman–Crippen MR) is 83.7 cm³/mol. The molecule has 1 aromatic heterocycles. The quantitative estimate of drug-likeness (QED) is 0.414. The number of nitrogens with zero attached hydrogens (tertiary/aromatic N) is 3. The molecule has 1 rings (SSSR count). The Morgan fingerprint density at radius 1 is 1.19 bits per heavy atom. The summed E-state index contributed by atoms with van der Waals surface area (Å²) in [4.78, 5) is 4.18. The van der Waals surface area contributed by atoms with Crippen LogP contribution in [0.5, 0.6) is 0 Å². The molecule has 2 N–H and O–H groups in total. The van der Waals surface area contributed by atoms with Crippen LogP contribution in [0.1, 0.15) is 17.0 Å². The Morgan fingerprint density at radius 3 is 2.52 bits per heavy atom. The van der Waals surface area contributed by atoms with E-state index in [9.17, 15) is 0 Å². The van der Waals surface area contributed by atoms with Gasteiger partial charge in [-0.3, -0.25) is 9.67 Å². The summed E-state index contributed by atoms with van der Waals surface area (Å²) in [7, 11) is 5.13. The van der Waals surface area contributed by atoms with Gasteiger partial charge in [-0.1, -0.05) is 0 Å². The van der Waals surface area contributed by atoms with Crippen molar-refractivity contribution in [3.63, 3.8) is 0 Å². The van der Waals surface area contributed by atoms with Crippen LogP contribution in [0.4, 0.5) is 0 Å². The van der Waals surface area contributed by atoms with Crippen LogP contribution in [0, 0.1) is 13.8 Å². The van der Waals surface area contributed by atoms with E-state index in [1.165, 1.54) is 5.56 Å². The molecule has 7 nitrogen and oxygen atoms in total. The standard InChI is InChI=1S/C14H27N5O2/c1-11-13(12(2)19(18-11)7-9-21-5)10-17-14(15-3)16-6-8-20-4/h6-10H2,1-5H3,(H2,15,16,17). The van der Waals surface area contributed by atoms with Crippen LogP contribution in [-0.4, -0.2) is 56.8 Å². The van der Waals surface area contributed by atoms with Crippen LogP contribution >= 0.6 is 0 Å². The molecule has 0 unspecified atom stereocenters. The highest BCUT2D eigenvalue weighted by atomic mass is 16.5. The normalized spacial score (nSPS) is 11.8. The highest BCUT2D eigenvalue weighted by Crippen LogP contribution is 2.12. The summed E-state index contributed by atoms with van der Waals surface area (Å²) in [5.41, 5.74) is 3.38. The fourth-order valence-corrected chi connectivity index (χ4v) is 2.05. The molecule has 1 heterocycles. The molecule has 0 saturated heterocycles. The molecule has 0 aliphatic rings. The minimum Gasteiger partial charge on any atom is -0.383 e. The SMILES string of the molecule is CN=C(NCCOC)NCc1c(C)nn(CCOC)c1C. The van der Waals surface area contributed by atoms with Gasteiger partial charge in [-0.25, -0.2) is 0 Å². The van der Waals surface area contributed by atoms with Crippen LogP contribution in [-0.2, 0) is 22.6 Å². The van der Waals surface area contributed by atoms with Gasteiger partial charge in [0, 0.05) is 45.6 Å². The summed E-state index contributed by atoms with van der Waals surface area (Å²) in [6, 6.07) is 0. The summed E-state index contributed by atoms with van der Waals surface area (Å²) in [6.45, 7) is 7.59. The molecule has 1 aromatic rings. The van der Waals surface area contributed by atoms with Gasteiger partial charge in [-0.2, -0.15) is 5.10 Å². The first kappa shape index (κ1) is 17.5. The molecule has 0 radical (unpaired) electrons. The first-order chi connectivity index (χ1) is 10.1. The van der Waals surface area contributed by atoms with Crippen molar-refractivity contribution in [2.24, 2.45) is 4.99 Å². The maximum atomic E-state index is 5.10. The number of guanidine groups is 1. The highest BCUT2D eigenvalue weighted by Gasteiger charge is 2.11. The molecule has 0 saturated carbocycles. The molecule has 0 amide bonds. The summed E-state index contributed by atoms with van der Waals surface area (Å²) in [5.74, 6) is 0.760. The van der Waals surface area contributed by atoms with Crippen LogP contribution in [0.3, 0.4) is 0 Å². The van der Waals surface area contributed by atoms with E-state index in [0.717, 1.165) is 30.4 Å². The molecule has 0 spiro atoms. The lowest BCUT2D eigenvalue weighted by atomic mass is 10.2. The van der Waals surface area contributed by atoms with Crippen molar-refractivity contribution < 1.29 is 9.47 Å². The second kappa shape index (κ2) is 9.36. The average molecular weight is 297 g/mol. The number of aryl methyl sites for hydroxylation is 1. The van der Waals surface area contributed by atoms with Crippen LogP contribution in [0.25, 0.3) is 0 Å². The Bertz CT molecular complexity index is 456. The van der Waals surface area contributed by atoms with Crippen molar-refractivity contribution in [2.75, 3.05) is 41.0 Å².